The fourth-order valence-electron chi connectivity index (χ4n) is 11.4. The van der Waals surface area contributed by atoms with Crippen LogP contribution < -0.4 is 0 Å². The molecule has 0 aromatic heterocycles. The molecule has 32 heavy (non-hydrogen) atoms. The van der Waals surface area contributed by atoms with E-state index < -0.39 is 0 Å². The van der Waals surface area contributed by atoms with Gasteiger partial charge in [0.1, 0.15) is 0 Å². The van der Waals surface area contributed by atoms with E-state index in [1.54, 1.807) is 5.57 Å². The van der Waals surface area contributed by atoms with Crippen molar-refractivity contribution in [1.82, 2.24) is 0 Å². The molecule has 0 aliphatic heterocycles. The first-order chi connectivity index (χ1) is 14.7. The molecule has 0 heterocycles. The van der Waals surface area contributed by atoms with Crippen molar-refractivity contribution >= 4 is 0 Å². The van der Waals surface area contributed by atoms with Gasteiger partial charge >= 0.3 is 0 Å². The van der Waals surface area contributed by atoms with Crippen LogP contribution in [0, 0.1) is 56.7 Å². The minimum Gasteiger partial charge on any atom is -0.393 e. The van der Waals surface area contributed by atoms with Crippen molar-refractivity contribution in [2.45, 2.75) is 119 Å². The number of hydrogen-bond acceptors (Lipinski definition) is 2. The summed E-state index contributed by atoms with van der Waals surface area (Å²) < 4.78 is 0. The van der Waals surface area contributed by atoms with Gasteiger partial charge in [0.25, 0.3) is 0 Å². The van der Waals surface area contributed by atoms with E-state index in [4.69, 9.17) is 0 Å². The second-order valence-corrected chi connectivity index (χ2v) is 14.8. The Hall–Kier alpha value is -0.340. The van der Waals surface area contributed by atoms with E-state index in [-0.39, 0.29) is 34.4 Å². The summed E-state index contributed by atoms with van der Waals surface area (Å²) in [5.74, 6) is 3.06. The SMILES string of the molecule is CC1=CC[C@]2(C)CC[C@]3(C)[C@H](CC[C@@H]4[C@@]5(C)CC[C@H](O)C(C)(C)[C@@H]5[C@H](O)C[C@]43C)[C@@H]2[C@@H]1C. The third-order valence-corrected chi connectivity index (χ3v) is 13.4. The van der Waals surface area contributed by atoms with Crippen molar-refractivity contribution in [2.24, 2.45) is 56.7 Å². The summed E-state index contributed by atoms with van der Waals surface area (Å²) >= 11 is 0. The Morgan fingerprint density at radius 1 is 0.875 bits per heavy atom. The lowest BCUT2D eigenvalue weighted by Crippen LogP contribution is -2.70. The molecule has 2 heteroatoms. The van der Waals surface area contributed by atoms with Gasteiger partial charge in [-0.2, -0.15) is 0 Å². The Kier molecular flexibility index (Phi) is 5.02. The molecule has 0 amide bonds. The molecular formula is C30H50O2. The zero-order valence-electron chi connectivity index (χ0n) is 22.2. The number of fused-ring (bicyclic) bond motifs is 7. The molecule has 11 atom stereocenters. The van der Waals surface area contributed by atoms with Crippen LogP contribution >= 0.6 is 0 Å². The Labute approximate surface area is 197 Å². The maximum absolute atomic E-state index is 11.8. The topological polar surface area (TPSA) is 40.5 Å². The van der Waals surface area contributed by atoms with E-state index in [1.165, 1.54) is 32.1 Å². The zero-order valence-corrected chi connectivity index (χ0v) is 22.2. The van der Waals surface area contributed by atoms with E-state index in [2.05, 4.69) is 61.5 Å². The largest absolute Gasteiger partial charge is 0.393 e. The molecule has 5 rings (SSSR count). The first-order valence-electron chi connectivity index (χ1n) is 13.8. The van der Waals surface area contributed by atoms with Crippen LogP contribution in [0.1, 0.15) is 107 Å². The Bertz CT molecular complexity index is 814. The smallest absolute Gasteiger partial charge is 0.0595 e. The van der Waals surface area contributed by atoms with Crippen LogP contribution in [-0.2, 0) is 0 Å². The van der Waals surface area contributed by atoms with Crippen molar-refractivity contribution < 1.29 is 10.2 Å². The lowest BCUT2D eigenvalue weighted by Gasteiger charge is -2.74. The molecule has 0 aromatic rings. The molecule has 5 aliphatic rings. The summed E-state index contributed by atoms with van der Waals surface area (Å²) in [5.41, 5.74) is 2.44. The van der Waals surface area contributed by atoms with Crippen molar-refractivity contribution in [3.63, 3.8) is 0 Å². The van der Waals surface area contributed by atoms with Gasteiger partial charge < -0.3 is 10.2 Å². The van der Waals surface area contributed by atoms with Gasteiger partial charge in [-0.15, -0.1) is 0 Å². The van der Waals surface area contributed by atoms with Gasteiger partial charge in [-0.25, -0.2) is 0 Å². The van der Waals surface area contributed by atoms with Crippen molar-refractivity contribution in [2.75, 3.05) is 0 Å². The number of allylic oxidation sites excluding steroid dienone is 2. The summed E-state index contributed by atoms with van der Waals surface area (Å²) in [5, 5.41) is 22.7. The molecule has 4 saturated carbocycles. The number of aliphatic hydroxyl groups is 2. The monoisotopic (exact) mass is 442 g/mol. The average molecular weight is 443 g/mol. The second-order valence-electron chi connectivity index (χ2n) is 14.8. The molecule has 0 spiro atoms. The molecule has 0 bridgehead atoms. The van der Waals surface area contributed by atoms with Crippen LogP contribution in [0.25, 0.3) is 0 Å². The Morgan fingerprint density at radius 3 is 2.25 bits per heavy atom. The molecule has 0 saturated heterocycles. The highest BCUT2D eigenvalue weighted by Crippen LogP contribution is 2.76. The lowest BCUT2D eigenvalue weighted by atomic mass is 9.31. The average Bonchev–Trinajstić information content (AvgIpc) is 2.69. The summed E-state index contributed by atoms with van der Waals surface area (Å²) in [4.78, 5) is 0. The normalized spacial score (nSPS) is 59.2. The van der Waals surface area contributed by atoms with E-state index in [0.717, 1.165) is 31.1 Å². The third kappa shape index (κ3) is 2.66. The zero-order chi connectivity index (χ0) is 23.5. The minimum absolute atomic E-state index is 0.123. The van der Waals surface area contributed by atoms with Crippen LogP contribution in [0.2, 0.25) is 0 Å². The predicted molar refractivity (Wildman–Crippen MR) is 132 cm³/mol. The van der Waals surface area contributed by atoms with Crippen molar-refractivity contribution in [1.29, 1.82) is 0 Å². The van der Waals surface area contributed by atoms with Gasteiger partial charge in [0.05, 0.1) is 12.2 Å². The van der Waals surface area contributed by atoms with E-state index in [9.17, 15) is 10.2 Å². The predicted octanol–water partition coefficient (Wildman–Crippen LogP) is 7.00. The third-order valence-electron chi connectivity index (χ3n) is 13.4. The highest BCUT2D eigenvalue weighted by Gasteiger charge is 2.71. The first kappa shape index (κ1) is 23.4. The quantitative estimate of drug-likeness (QED) is 0.397. The minimum atomic E-state index is -0.305. The number of aliphatic hydroxyl groups excluding tert-OH is 2. The van der Waals surface area contributed by atoms with Crippen molar-refractivity contribution in [3.8, 4) is 0 Å². The molecule has 2 N–H and O–H groups in total. The van der Waals surface area contributed by atoms with Gasteiger partial charge in [-0.1, -0.05) is 60.1 Å². The molecule has 0 aromatic carbocycles. The van der Waals surface area contributed by atoms with Crippen LogP contribution in [0.15, 0.2) is 11.6 Å². The van der Waals surface area contributed by atoms with Gasteiger partial charge in [0.2, 0.25) is 0 Å². The fraction of sp³-hybridized carbons (Fsp3) is 0.933. The highest BCUT2D eigenvalue weighted by molar-refractivity contribution is 5.23. The molecule has 182 valence electrons. The summed E-state index contributed by atoms with van der Waals surface area (Å²) in [6.07, 6.45) is 11.4. The molecule has 0 radical (unpaired) electrons. The van der Waals surface area contributed by atoms with Crippen LogP contribution in [0.4, 0.5) is 0 Å². The van der Waals surface area contributed by atoms with Gasteiger partial charge in [0.15, 0.2) is 0 Å². The van der Waals surface area contributed by atoms with Crippen LogP contribution in [-0.4, -0.2) is 22.4 Å². The molecule has 5 aliphatic carbocycles. The maximum atomic E-state index is 11.8. The van der Waals surface area contributed by atoms with Gasteiger partial charge in [-0.05, 0) is 115 Å². The summed E-state index contributed by atoms with van der Waals surface area (Å²) in [6, 6.07) is 0. The Balaban J connectivity index is 1.58. The number of hydrogen-bond donors (Lipinski definition) is 2. The van der Waals surface area contributed by atoms with E-state index in [0.29, 0.717) is 22.7 Å². The summed E-state index contributed by atoms with van der Waals surface area (Å²) in [6.45, 7) is 19.6. The van der Waals surface area contributed by atoms with Gasteiger partial charge in [-0.3, -0.25) is 0 Å². The maximum Gasteiger partial charge on any atom is 0.0595 e. The van der Waals surface area contributed by atoms with Gasteiger partial charge in [0, 0.05) is 0 Å². The van der Waals surface area contributed by atoms with Crippen LogP contribution in [0.3, 0.4) is 0 Å². The molecule has 2 nitrogen and oxygen atoms in total. The molecular weight excluding hydrogens is 392 g/mol. The second kappa shape index (κ2) is 6.87. The van der Waals surface area contributed by atoms with E-state index in [1.807, 2.05) is 0 Å². The van der Waals surface area contributed by atoms with Crippen LogP contribution in [0.5, 0.6) is 0 Å². The first-order valence-corrected chi connectivity index (χ1v) is 13.8. The fourth-order valence-corrected chi connectivity index (χ4v) is 11.4. The Morgan fingerprint density at radius 2 is 1.56 bits per heavy atom. The lowest BCUT2D eigenvalue weighted by molar-refractivity contribution is -0.277. The molecule has 4 fully saturated rings. The molecule has 0 unspecified atom stereocenters. The van der Waals surface area contributed by atoms with Crippen molar-refractivity contribution in [3.05, 3.63) is 11.6 Å². The van der Waals surface area contributed by atoms with E-state index >= 15 is 0 Å². The highest BCUT2D eigenvalue weighted by atomic mass is 16.3. The number of rotatable bonds is 0. The summed E-state index contributed by atoms with van der Waals surface area (Å²) in [7, 11) is 0. The standard InChI is InChI=1S/C30H50O2/c1-18-11-13-27(5)15-16-29(7)20(24(27)19(18)2)9-10-22-28(6)14-12-23(32)26(3,4)25(28)21(31)17-30(22,29)8/h11,19-25,31-32H,9-10,12-17H2,1-8H3/t19-,20-,21-,22-,23+,24+,25+,27-,28-,29-,30-/m1/s1.